The van der Waals surface area contributed by atoms with Gasteiger partial charge < -0.3 is 16.0 Å². The molecule has 0 aliphatic carbocycles. The van der Waals surface area contributed by atoms with Gasteiger partial charge in [-0.2, -0.15) is 0 Å². The van der Waals surface area contributed by atoms with Crippen LogP contribution in [0, 0.1) is 6.92 Å². The molecule has 3 N–H and O–H groups in total. The Bertz CT molecular complexity index is 714. The number of rotatable bonds is 8. The van der Waals surface area contributed by atoms with Crippen molar-refractivity contribution >= 4 is 17.5 Å². The number of nitrogens with one attached hydrogen (secondary N) is 3. The molecule has 0 aromatic heterocycles. The molecular weight excluding hydrogens is 314 g/mol. The molecule has 0 saturated carbocycles. The topological polar surface area (TPSA) is 70.2 Å². The van der Waals surface area contributed by atoms with Gasteiger partial charge in [0.15, 0.2) is 0 Å². The second-order valence-corrected chi connectivity index (χ2v) is 5.86. The van der Waals surface area contributed by atoms with Gasteiger partial charge in [-0.25, -0.2) is 0 Å². The first-order valence-corrected chi connectivity index (χ1v) is 8.57. The van der Waals surface area contributed by atoms with Gasteiger partial charge in [0, 0.05) is 29.9 Å². The van der Waals surface area contributed by atoms with E-state index in [9.17, 15) is 9.59 Å². The van der Waals surface area contributed by atoms with E-state index in [1.165, 1.54) is 0 Å². The molecule has 5 nitrogen and oxygen atoms in total. The Kier molecular flexibility index (Phi) is 7.16. The monoisotopic (exact) mass is 339 g/mol. The Balaban J connectivity index is 1.99. The van der Waals surface area contributed by atoms with Crippen molar-refractivity contribution in [1.82, 2.24) is 10.6 Å². The summed E-state index contributed by atoms with van der Waals surface area (Å²) >= 11 is 0. The molecule has 0 fully saturated rings. The maximum atomic E-state index is 12.3. The fourth-order valence-corrected chi connectivity index (χ4v) is 2.35. The number of carbonyl (C=O) groups is 2. The molecule has 0 atom stereocenters. The van der Waals surface area contributed by atoms with Crippen LogP contribution in [0.3, 0.4) is 0 Å². The van der Waals surface area contributed by atoms with E-state index >= 15 is 0 Å². The molecule has 132 valence electrons. The van der Waals surface area contributed by atoms with E-state index in [0.29, 0.717) is 23.4 Å². The summed E-state index contributed by atoms with van der Waals surface area (Å²) in [7, 11) is 0. The quantitative estimate of drug-likeness (QED) is 0.648. The SMILES string of the molecule is CCCNCCNC(=O)c1ccc(C)c(NC(=O)c2ccccc2)c1. The van der Waals surface area contributed by atoms with Gasteiger partial charge in [-0.15, -0.1) is 0 Å². The van der Waals surface area contributed by atoms with E-state index in [0.717, 1.165) is 25.1 Å². The summed E-state index contributed by atoms with van der Waals surface area (Å²) in [6.45, 7) is 6.25. The number of hydrogen-bond donors (Lipinski definition) is 3. The van der Waals surface area contributed by atoms with Crippen LogP contribution in [-0.2, 0) is 0 Å². The summed E-state index contributed by atoms with van der Waals surface area (Å²) in [5, 5.41) is 8.98. The van der Waals surface area contributed by atoms with Crippen molar-refractivity contribution in [3.8, 4) is 0 Å². The Morgan fingerprint density at radius 1 is 0.880 bits per heavy atom. The molecule has 0 heterocycles. The minimum atomic E-state index is -0.190. The smallest absolute Gasteiger partial charge is 0.255 e. The normalized spacial score (nSPS) is 10.3. The molecule has 0 aliphatic rings. The van der Waals surface area contributed by atoms with Gasteiger partial charge in [-0.3, -0.25) is 9.59 Å². The zero-order valence-electron chi connectivity index (χ0n) is 14.8. The molecule has 25 heavy (non-hydrogen) atoms. The highest BCUT2D eigenvalue weighted by Gasteiger charge is 2.11. The van der Waals surface area contributed by atoms with Gasteiger partial charge in [-0.1, -0.05) is 31.2 Å². The van der Waals surface area contributed by atoms with Crippen LogP contribution in [0.5, 0.6) is 0 Å². The average Bonchev–Trinajstić information content (AvgIpc) is 2.64. The van der Waals surface area contributed by atoms with Crippen molar-refractivity contribution in [3.63, 3.8) is 0 Å². The van der Waals surface area contributed by atoms with Crippen LogP contribution in [-0.4, -0.2) is 31.4 Å². The van der Waals surface area contributed by atoms with E-state index in [1.807, 2.05) is 31.2 Å². The molecule has 0 saturated heterocycles. The summed E-state index contributed by atoms with van der Waals surface area (Å²) in [6.07, 6.45) is 1.07. The van der Waals surface area contributed by atoms with E-state index < -0.39 is 0 Å². The molecule has 2 aromatic carbocycles. The van der Waals surface area contributed by atoms with Crippen LogP contribution in [0.4, 0.5) is 5.69 Å². The third-order valence-electron chi connectivity index (χ3n) is 3.80. The van der Waals surface area contributed by atoms with Crippen LogP contribution in [0.15, 0.2) is 48.5 Å². The van der Waals surface area contributed by atoms with Crippen molar-refractivity contribution in [2.45, 2.75) is 20.3 Å². The standard InChI is InChI=1S/C20H25N3O2/c1-3-11-21-12-13-22-19(24)17-10-9-15(2)18(14-17)23-20(25)16-7-5-4-6-8-16/h4-10,14,21H,3,11-13H2,1-2H3,(H,22,24)(H,23,25). The highest BCUT2D eigenvalue weighted by atomic mass is 16.2. The summed E-state index contributed by atoms with van der Waals surface area (Å²) in [5.41, 5.74) is 2.67. The second-order valence-electron chi connectivity index (χ2n) is 5.86. The lowest BCUT2D eigenvalue weighted by molar-refractivity contribution is 0.0952. The summed E-state index contributed by atoms with van der Waals surface area (Å²) in [4.78, 5) is 24.5. The van der Waals surface area contributed by atoms with Gasteiger partial charge in [0.25, 0.3) is 11.8 Å². The zero-order valence-corrected chi connectivity index (χ0v) is 14.8. The highest BCUT2D eigenvalue weighted by molar-refractivity contribution is 6.05. The Morgan fingerprint density at radius 2 is 1.64 bits per heavy atom. The van der Waals surface area contributed by atoms with Crippen LogP contribution in [0.2, 0.25) is 0 Å². The minimum absolute atomic E-state index is 0.145. The number of benzene rings is 2. The first-order valence-electron chi connectivity index (χ1n) is 8.57. The Morgan fingerprint density at radius 3 is 2.36 bits per heavy atom. The molecule has 0 aliphatic heterocycles. The molecule has 0 unspecified atom stereocenters. The Labute approximate surface area is 148 Å². The highest BCUT2D eigenvalue weighted by Crippen LogP contribution is 2.18. The molecule has 5 heteroatoms. The number of anilines is 1. The maximum absolute atomic E-state index is 12.3. The zero-order chi connectivity index (χ0) is 18.1. The van der Waals surface area contributed by atoms with Crippen LogP contribution < -0.4 is 16.0 Å². The third kappa shape index (κ3) is 5.72. The predicted molar refractivity (Wildman–Crippen MR) is 101 cm³/mol. The van der Waals surface area contributed by atoms with E-state index in [1.54, 1.807) is 24.3 Å². The molecule has 2 rings (SSSR count). The van der Waals surface area contributed by atoms with E-state index in [4.69, 9.17) is 0 Å². The maximum Gasteiger partial charge on any atom is 0.255 e. The summed E-state index contributed by atoms with van der Waals surface area (Å²) in [5.74, 6) is -0.335. The third-order valence-corrected chi connectivity index (χ3v) is 3.80. The number of amides is 2. The predicted octanol–water partition coefficient (Wildman–Crippen LogP) is 2.98. The van der Waals surface area contributed by atoms with Crippen LogP contribution in [0.1, 0.15) is 39.6 Å². The lowest BCUT2D eigenvalue weighted by Crippen LogP contribution is -2.32. The van der Waals surface area contributed by atoms with Gasteiger partial charge in [0.2, 0.25) is 0 Å². The average molecular weight is 339 g/mol. The lowest BCUT2D eigenvalue weighted by Gasteiger charge is -2.11. The number of aryl methyl sites for hydroxylation is 1. The van der Waals surface area contributed by atoms with Gasteiger partial charge >= 0.3 is 0 Å². The minimum Gasteiger partial charge on any atom is -0.351 e. The van der Waals surface area contributed by atoms with Crippen molar-refractivity contribution in [1.29, 1.82) is 0 Å². The van der Waals surface area contributed by atoms with Gasteiger partial charge in [0.05, 0.1) is 0 Å². The number of hydrogen-bond acceptors (Lipinski definition) is 3. The molecule has 2 aromatic rings. The first kappa shape index (κ1) is 18.7. The van der Waals surface area contributed by atoms with Crippen LogP contribution in [0.25, 0.3) is 0 Å². The van der Waals surface area contributed by atoms with E-state index in [-0.39, 0.29) is 11.8 Å². The van der Waals surface area contributed by atoms with Crippen molar-refractivity contribution in [2.24, 2.45) is 0 Å². The summed E-state index contributed by atoms with van der Waals surface area (Å²) in [6, 6.07) is 14.3. The molecular formula is C20H25N3O2. The molecule has 0 radical (unpaired) electrons. The fraction of sp³-hybridized carbons (Fsp3) is 0.300. The Hall–Kier alpha value is -2.66. The number of carbonyl (C=O) groups excluding carboxylic acids is 2. The first-order chi connectivity index (χ1) is 12.1. The van der Waals surface area contributed by atoms with Gasteiger partial charge in [0.1, 0.15) is 0 Å². The van der Waals surface area contributed by atoms with E-state index in [2.05, 4.69) is 22.9 Å². The molecule has 0 bridgehead atoms. The van der Waals surface area contributed by atoms with Crippen molar-refractivity contribution < 1.29 is 9.59 Å². The van der Waals surface area contributed by atoms with Crippen LogP contribution >= 0.6 is 0 Å². The molecule has 0 spiro atoms. The van der Waals surface area contributed by atoms with Gasteiger partial charge in [-0.05, 0) is 49.7 Å². The lowest BCUT2D eigenvalue weighted by atomic mass is 10.1. The summed E-state index contributed by atoms with van der Waals surface area (Å²) < 4.78 is 0. The van der Waals surface area contributed by atoms with Crippen molar-refractivity contribution in [2.75, 3.05) is 25.0 Å². The fourth-order valence-electron chi connectivity index (χ4n) is 2.35. The second kappa shape index (κ2) is 9.59. The van der Waals surface area contributed by atoms with Crippen molar-refractivity contribution in [3.05, 3.63) is 65.2 Å². The molecule has 2 amide bonds. The largest absolute Gasteiger partial charge is 0.351 e.